The third-order valence-electron chi connectivity index (χ3n) is 0.316. The van der Waals surface area contributed by atoms with E-state index in [0.717, 1.165) is 6.54 Å². The maximum Gasteiger partial charge on any atom is 2.00 e. The fraction of sp³-hybridized carbons (Fsp3) is 0.750. The zero-order valence-electron chi connectivity index (χ0n) is 4.65. The van der Waals surface area contributed by atoms with Gasteiger partial charge in [0, 0.05) is 0 Å². The van der Waals surface area contributed by atoms with E-state index in [4.69, 9.17) is 0 Å². The van der Waals surface area contributed by atoms with Crippen LogP contribution in [0.25, 0.3) is 5.32 Å². The molecule has 0 spiro atoms. The first kappa shape index (κ1) is 15.8. The van der Waals surface area contributed by atoms with Gasteiger partial charge in [-0.3, -0.25) is 0 Å². The van der Waals surface area contributed by atoms with Crippen LogP contribution in [0.1, 0.15) is 6.92 Å². The molecule has 0 radical (unpaired) electrons. The zero-order chi connectivity index (χ0) is 3.41. The SMILES string of the molecule is CC[N-]C.[CH3-].[Zr+2]. The molecular formula is C4H11NZr. The third-order valence-corrected chi connectivity index (χ3v) is 0.316. The predicted molar refractivity (Wildman–Crippen MR) is 26.2 cm³/mol. The van der Waals surface area contributed by atoms with Gasteiger partial charge in [0.05, 0.1) is 0 Å². The molecule has 0 aromatic rings. The minimum absolute atomic E-state index is 0. The monoisotopic (exact) mass is 163 g/mol. The van der Waals surface area contributed by atoms with Crippen LogP contribution in [-0.4, -0.2) is 13.6 Å². The summed E-state index contributed by atoms with van der Waals surface area (Å²) < 4.78 is 0. The Balaban J connectivity index is -0.0000000450. The van der Waals surface area contributed by atoms with Crippen molar-refractivity contribution < 1.29 is 26.2 Å². The molecule has 36 valence electrons. The molecule has 0 aromatic heterocycles. The summed E-state index contributed by atoms with van der Waals surface area (Å²) in [7, 11) is 1.81. The van der Waals surface area contributed by atoms with Crippen LogP contribution in [-0.2, 0) is 26.2 Å². The van der Waals surface area contributed by atoms with E-state index in [1.165, 1.54) is 0 Å². The molecule has 0 aliphatic carbocycles. The van der Waals surface area contributed by atoms with Crippen LogP contribution in [0, 0.1) is 7.43 Å². The van der Waals surface area contributed by atoms with Crippen molar-refractivity contribution in [3.63, 3.8) is 0 Å². The van der Waals surface area contributed by atoms with Gasteiger partial charge in [-0.2, -0.15) is 13.6 Å². The second-order valence-corrected chi connectivity index (χ2v) is 0.632. The van der Waals surface area contributed by atoms with Gasteiger partial charge >= 0.3 is 26.2 Å². The van der Waals surface area contributed by atoms with E-state index in [2.05, 4.69) is 5.32 Å². The smallest absolute Gasteiger partial charge is 0.665 e. The van der Waals surface area contributed by atoms with Gasteiger partial charge < -0.3 is 12.7 Å². The Kier molecular flexibility index (Phi) is 44.7. The molecule has 0 rings (SSSR count). The van der Waals surface area contributed by atoms with Gasteiger partial charge in [0.15, 0.2) is 0 Å². The molecule has 0 saturated heterocycles. The van der Waals surface area contributed by atoms with E-state index in [-0.39, 0.29) is 33.6 Å². The topological polar surface area (TPSA) is 14.1 Å². The normalized spacial score (nSPS) is 5.00. The van der Waals surface area contributed by atoms with Gasteiger partial charge in [0.25, 0.3) is 0 Å². The predicted octanol–water partition coefficient (Wildman–Crippen LogP) is 1.46. The Bertz CT molecular complexity index is 9.51. The first-order chi connectivity index (χ1) is 1.91. The van der Waals surface area contributed by atoms with Gasteiger partial charge in [0.1, 0.15) is 0 Å². The van der Waals surface area contributed by atoms with Gasteiger partial charge in [-0.25, -0.2) is 0 Å². The maximum atomic E-state index is 3.74. The Hall–Kier alpha value is 0.843. The summed E-state index contributed by atoms with van der Waals surface area (Å²) in [6.45, 7) is 2.96. The largest absolute Gasteiger partial charge is 2.00 e. The van der Waals surface area contributed by atoms with E-state index >= 15 is 0 Å². The molecule has 0 aromatic carbocycles. The zero-order valence-corrected chi connectivity index (χ0v) is 7.11. The fourth-order valence-corrected chi connectivity index (χ4v) is 0. The summed E-state index contributed by atoms with van der Waals surface area (Å²) in [6.07, 6.45) is 0. The maximum absolute atomic E-state index is 3.74. The summed E-state index contributed by atoms with van der Waals surface area (Å²) in [4.78, 5) is 0. The quantitative estimate of drug-likeness (QED) is 0.521. The van der Waals surface area contributed by atoms with E-state index in [0.29, 0.717) is 0 Å². The summed E-state index contributed by atoms with van der Waals surface area (Å²) in [6, 6.07) is 0. The minimum Gasteiger partial charge on any atom is -0.665 e. The van der Waals surface area contributed by atoms with E-state index in [1.807, 2.05) is 6.92 Å². The molecule has 2 heteroatoms. The van der Waals surface area contributed by atoms with Crippen LogP contribution in [0.15, 0.2) is 0 Å². The molecule has 0 heterocycles. The molecule has 6 heavy (non-hydrogen) atoms. The second kappa shape index (κ2) is 17.0. The van der Waals surface area contributed by atoms with Crippen molar-refractivity contribution in [2.24, 2.45) is 0 Å². The van der Waals surface area contributed by atoms with Crippen LogP contribution in [0.2, 0.25) is 0 Å². The van der Waals surface area contributed by atoms with Crippen molar-refractivity contribution in [1.82, 2.24) is 0 Å². The first-order valence-electron chi connectivity index (χ1n) is 1.47. The van der Waals surface area contributed by atoms with Crippen molar-refractivity contribution in [3.8, 4) is 0 Å². The fourth-order valence-electron chi connectivity index (χ4n) is 0. The first-order valence-corrected chi connectivity index (χ1v) is 1.47. The average molecular weight is 164 g/mol. The molecule has 1 nitrogen and oxygen atoms in total. The van der Waals surface area contributed by atoms with Crippen LogP contribution in [0.5, 0.6) is 0 Å². The Morgan fingerprint density at radius 2 is 1.67 bits per heavy atom. The van der Waals surface area contributed by atoms with Crippen LogP contribution in [0.3, 0.4) is 0 Å². The minimum atomic E-state index is 0. The molecule has 0 amide bonds. The second-order valence-electron chi connectivity index (χ2n) is 0.632. The molecule has 0 atom stereocenters. The van der Waals surface area contributed by atoms with Crippen molar-refractivity contribution >= 4 is 0 Å². The Morgan fingerprint density at radius 3 is 1.67 bits per heavy atom. The molecule has 0 aliphatic rings. The Labute approximate surface area is 59.6 Å². The van der Waals surface area contributed by atoms with Crippen LogP contribution >= 0.6 is 0 Å². The molecule has 0 aliphatic heterocycles. The average Bonchev–Trinajstić information content (AvgIpc) is 1.37. The van der Waals surface area contributed by atoms with Crippen molar-refractivity contribution in [2.45, 2.75) is 6.92 Å². The number of nitrogens with zero attached hydrogens (tertiary/aromatic N) is 1. The molecular weight excluding hydrogens is 153 g/mol. The van der Waals surface area contributed by atoms with Crippen LogP contribution in [0.4, 0.5) is 0 Å². The van der Waals surface area contributed by atoms with Crippen molar-refractivity contribution in [2.75, 3.05) is 13.6 Å². The van der Waals surface area contributed by atoms with Gasteiger partial charge in [-0.1, -0.05) is 6.92 Å². The summed E-state index contributed by atoms with van der Waals surface area (Å²) in [5.41, 5.74) is 0. The van der Waals surface area contributed by atoms with Gasteiger partial charge in [-0.05, 0) is 0 Å². The molecule has 0 bridgehead atoms. The van der Waals surface area contributed by atoms with Crippen molar-refractivity contribution in [1.29, 1.82) is 0 Å². The van der Waals surface area contributed by atoms with Crippen LogP contribution < -0.4 is 0 Å². The molecule has 0 unspecified atom stereocenters. The van der Waals surface area contributed by atoms with Crippen molar-refractivity contribution in [3.05, 3.63) is 12.7 Å². The van der Waals surface area contributed by atoms with Gasteiger partial charge in [-0.15, -0.1) is 0 Å². The molecule has 0 N–H and O–H groups in total. The third kappa shape index (κ3) is 21.1. The summed E-state index contributed by atoms with van der Waals surface area (Å²) in [5, 5.41) is 3.74. The standard InChI is InChI=1S/C3H8N.CH3.Zr/c1-3-4-2;;/h3H2,1-2H3;1H3;/q2*-1;+2. The Morgan fingerprint density at radius 1 is 1.50 bits per heavy atom. The van der Waals surface area contributed by atoms with E-state index in [1.54, 1.807) is 7.05 Å². The molecule has 0 saturated carbocycles. The summed E-state index contributed by atoms with van der Waals surface area (Å²) >= 11 is 0. The molecule has 0 fully saturated rings. The van der Waals surface area contributed by atoms with Gasteiger partial charge in [0.2, 0.25) is 0 Å². The number of hydrogen-bond donors (Lipinski definition) is 0. The summed E-state index contributed by atoms with van der Waals surface area (Å²) in [5.74, 6) is 0. The van der Waals surface area contributed by atoms with E-state index < -0.39 is 0 Å². The number of hydrogen-bond acceptors (Lipinski definition) is 0. The van der Waals surface area contributed by atoms with E-state index in [9.17, 15) is 0 Å². The number of rotatable bonds is 1.